The monoisotopic (exact) mass is 548 g/mol. The minimum atomic E-state index is -5.08. The topological polar surface area (TPSA) is 176 Å². The van der Waals surface area contributed by atoms with Gasteiger partial charge in [0, 0.05) is 22.7 Å². The molecule has 38 heavy (non-hydrogen) atoms. The summed E-state index contributed by atoms with van der Waals surface area (Å²) >= 11 is 0. The average molecular weight is 549 g/mol. The first kappa shape index (κ1) is 28.3. The second kappa shape index (κ2) is 11.0. The fourth-order valence-electron chi connectivity index (χ4n) is 3.71. The number of nitrogen functional groups attached to an aromatic ring is 1. The largest absolute Gasteiger partial charge is 0.490 e. The Labute approximate surface area is 215 Å². The number of rotatable bonds is 6. The number of carboxylic acids is 1. The molecule has 0 heterocycles. The predicted molar refractivity (Wildman–Crippen MR) is 134 cm³/mol. The predicted octanol–water partition coefficient (Wildman–Crippen LogP) is 3.66. The van der Waals surface area contributed by atoms with Crippen LogP contribution >= 0.6 is 0 Å². The number of primary sulfonamides is 1. The number of hydrogen-bond donors (Lipinski definition) is 5. The Bertz CT molecular complexity index is 1470. The fraction of sp³-hybridized carbons (Fsp3) is 0.160. The molecule has 0 aliphatic heterocycles. The number of anilines is 1. The molecule has 13 heteroatoms. The third kappa shape index (κ3) is 7.17. The number of carboxylic acid groups (broad SMARTS) is 1. The van der Waals surface area contributed by atoms with Crippen LogP contribution in [-0.4, -0.2) is 37.4 Å². The van der Waals surface area contributed by atoms with E-state index in [9.17, 15) is 26.4 Å². The minimum absolute atomic E-state index is 0.00704. The molecule has 0 radical (unpaired) electrons. The summed E-state index contributed by atoms with van der Waals surface area (Å²) in [6, 6.07) is 20.9. The minimum Gasteiger partial charge on any atom is -0.475 e. The van der Waals surface area contributed by atoms with Crippen molar-refractivity contribution in [2.75, 3.05) is 5.32 Å². The van der Waals surface area contributed by atoms with Crippen molar-refractivity contribution in [3.05, 3.63) is 83.9 Å². The summed E-state index contributed by atoms with van der Waals surface area (Å²) in [7, 11) is -3.85. The first-order valence-corrected chi connectivity index (χ1v) is 12.5. The van der Waals surface area contributed by atoms with Gasteiger partial charge in [-0.15, -0.1) is 0 Å². The Balaban J connectivity index is 0.000000505. The lowest BCUT2D eigenvalue weighted by molar-refractivity contribution is -0.192. The van der Waals surface area contributed by atoms with Gasteiger partial charge in [0.2, 0.25) is 15.9 Å². The fourth-order valence-corrected chi connectivity index (χ4v) is 4.47. The van der Waals surface area contributed by atoms with E-state index in [1.54, 1.807) is 48.5 Å². The molecule has 7 N–H and O–H groups in total. The van der Waals surface area contributed by atoms with Gasteiger partial charge in [-0.25, -0.2) is 18.4 Å². The Hall–Kier alpha value is -4.23. The molecule has 1 aliphatic rings. The number of alkyl halides is 3. The number of amidine groups is 1. The van der Waals surface area contributed by atoms with E-state index >= 15 is 0 Å². The van der Waals surface area contributed by atoms with Crippen LogP contribution < -0.4 is 16.2 Å². The van der Waals surface area contributed by atoms with Crippen LogP contribution in [0.2, 0.25) is 0 Å². The summed E-state index contributed by atoms with van der Waals surface area (Å²) in [6.45, 7) is 0. The van der Waals surface area contributed by atoms with E-state index < -0.39 is 22.2 Å². The zero-order chi connectivity index (χ0) is 28.3. The summed E-state index contributed by atoms with van der Waals surface area (Å²) in [5.41, 5.74) is 9.03. The molecule has 1 saturated carbocycles. The number of sulfonamides is 1. The number of aliphatic carboxylic acids is 1. The smallest absolute Gasteiger partial charge is 0.475 e. The molecular formula is C25H23F3N4O5S. The van der Waals surface area contributed by atoms with Crippen molar-refractivity contribution in [2.24, 2.45) is 16.8 Å². The lowest BCUT2D eigenvalue weighted by Crippen LogP contribution is -2.21. The van der Waals surface area contributed by atoms with Gasteiger partial charge in [0.25, 0.3) is 0 Å². The third-order valence-corrected chi connectivity index (χ3v) is 6.62. The zero-order valence-electron chi connectivity index (χ0n) is 19.6. The first-order chi connectivity index (χ1) is 17.7. The Morgan fingerprint density at radius 3 is 2.16 bits per heavy atom. The molecule has 0 aromatic heterocycles. The molecule has 2 atom stereocenters. The molecule has 3 aromatic rings. The van der Waals surface area contributed by atoms with Gasteiger partial charge in [-0.05, 0) is 47.7 Å². The highest BCUT2D eigenvalue weighted by molar-refractivity contribution is 7.89. The maximum Gasteiger partial charge on any atom is 0.490 e. The number of nitrogens with two attached hydrogens (primary N) is 2. The van der Waals surface area contributed by atoms with E-state index in [0.717, 1.165) is 12.0 Å². The first-order valence-electron chi connectivity index (χ1n) is 11.0. The zero-order valence-corrected chi connectivity index (χ0v) is 20.4. The van der Waals surface area contributed by atoms with Crippen LogP contribution in [0.25, 0.3) is 11.1 Å². The highest BCUT2D eigenvalue weighted by Crippen LogP contribution is 2.48. The number of benzene rings is 3. The van der Waals surface area contributed by atoms with Crippen LogP contribution in [0.15, 0.2) is 77.7 Å². The summed E-state index contributed by atoms with van der Waals surface area (Å²) in [5.74, 6) is -2.85. The van der Waals surface area contributed by atoms with Crippen LogP contribution in [0.4, 0.5) is 18.9 Å². The normalized spacial score (nSPS) is 16.5. The number of hydrogen-bond acceptors (Lipinski definition) is 5. The molecule has 9 nitrogen and oxygen atoms in total. The quantitative estimate of drug-likeness (QED) is 0.232. The molecule has 0 saturated heterocycles. The van der Waals surface area contributed by atoms with Crippen LogP contribution in [0.1, 0.15) is 23.5 Å². The maximum absolute atomic E-state index is 12.6. The van der Waals surface area contributed by atoms with Gasteiger partial charge in [-0.3, -0.25) is 10.2 Å². The standard InChI is InChI=1S/C23H22N4O3S.C2HF3O2/c24-22(25)16-5-3-4-15(12-16)19-13-20(19)23(28)27-17-10-8-14(9-11-17)18-6-1-2-7-21(18)31(26,29)30;3-2(4,5)1(6)7/h1-12,19-20H,13H2,(H3,24,25)(H,27,28)(H2,26,29,30);(H,6,7)/t19-,20-;/m1./s1. The van der Waals surface area contributed by atoms with Gasteiger partial charge >= 0.3 is 12.1 Å². The lowest BCUT2D eigenvalue weighted by atomic mass is 10.0. The van der Waals surface area contributed by atoms with Crippen molar-refractivity contribution >= 4 is 33.4 Å². The van der Waals surface area contributed by atoms with Gasteiger partial charge in [0.1, 0.15) is 5.84 Å². The van der Waals surface area contributed by atoms with Crippen LogP contribution in [0.3, 0.4) is 0 Å². The summed E-state index contributed by atoms with van der Waals surface area (Å²) in [6.07, 6.45) is -4.34. The second-order valence-electron chi connectivity index (χ2n) is 8.40. The number of carbonyl (C=O) groups excluding carboxylic acids is 1. The van der Waals surface area contributed by atoms with Gasteiger partial charge < -0.3 is 16.2 Å². The van der Waals surface area contributed by atoms with Crippen molar-refractivity contribution in [1.82, 2.24) is 0 Å². The van der Waals surface area contributed by atoms with E-state index in [-0.39, 0.29) is 28.5 Å². The number of nitrogens with one attached hydrogen (secondary N) is 2. The Morgan fingerprint density at radius 1 is 1.00 bits per heavy atom. The SMILES string of the molecule is N=C(N)c1cccc([C@H]2C[C@H]2C(=O)Nc2ccc(-c3ccccc3S(N)(=O)=O)cc2)c1.O=C(O)C(F)(F)F. The van der Waals surface area contributed by atoms with E-state index in [1.165, 1.54) is 6.07 Å². The van der Waals surface area contributed by atoms with Crippen LogP contribution in [0.5, 0.6) is 0 Å². The third-order valence-electron chi connectivity index (χ3n) is 5.65. The van der Waals surface area contributed by atoms with E-state index in [2.05, 4.69) is 5.32 Å². The number of amides is 1. The van der Waals surface area contributed by atoms with Gasteiger partial charge in [-0.2, -0.15) is 13.2 Å². The molecule has 4 rings (SSSR count). The summed E-state index contributed by atoms with van der Waals surface area (Å²) in [4.78, 5) is 21.6. The van der Waals surface area contributed by atoms with Crippen molar-refractivity contribution in [3.8, 4) is 11.1 Å². The molecular weight excluding hydrogens is 525 g/mol. The van der Waals surface area contributed by atoms with Crippen LogP contribution in [-0.2, 0) is 19.6 Å². The van der Waals surface area contributed by atoms with E-state index in [0.29, 0.717) is 22.4 Å². The Morgan fingerprint density at radius 2 is 1.61 bits per heavy atom. The molecule has 3 aromatic carbocycles. The maximum atomic E-state index is 12.6. The Kier molecular flexibility index (Phi) is 8.22. The molecule has 1 fully saturated rings. The highest BCUT2D eigenvalue weighted by Gasteiger charge is 2.44. The van der Waals surface area contributed by atoms with Gasteiger partial charge in [0.15, 0.2) is 0 Å². The van der Waals surface area contributed by atoms with Gasteiger partial charge in [0.05, 0.1) is 4.90 Å². The molecule has 0 unspecified atom stereocenters. The summed E-state index contributed by atoms with van der Waals surface area (Å²) in [5, 5.41) is 22.9. The average Bonchev–Trinajstić information content (AvgIpc) is 3.65. The lowest BCUT2D eigenvalue weighted by Gasteiger charge is -2.10. The van der Waals surface area contributed by atoms with E-state index in [1.807, 2.05) is 18.2 Å². The molecule has 200 valence electrons. The number of carbonyl (C=O) groups is 2. The van der Waals surface area contributed by atoms with E-state index in [4.69, 9.17) is 26.2 Å². The van der Waals surface area contributed by atoms with Crippen molar-refractivity contribution < 1.29 is 36.3 Å². The molecule has 1 aliphatic carbocycles. The highest BCUT2D eigenvalue weighted by atomic mass is 32.2. The van der Waals surface area contributed by atoms with Gasteiger partial charge in [-0.1, -0.05) is 48.5 Å². The molecule has 1 amide bonds. The van der Waals surface area contributed by atoms with Crippen LogP contribution in [0, 0.1) is 11.3 Å². The van der Waals surface area contributed by atoms with Crippen molar-refractivity contribution in [2.45, 2.75) is 23.4 Å². The second-order valence-corrected chi connectivity index (χ2v) is 9.93. The number of halogens is 3. The van der Waals surface area contributed by atoms with Crippen molar-refractivity contribution in [1.29, 1.82) is 5.41 Å². The van der Waals surface area contributed by atoms with Crippen molar-refractivity contribution in [3.63, 3.8) is 0 Å². The summed E-state index contributed by atoms with van der Waals surface area (Å²) < 4.78 is 55.4. The molecule has 0 spiro atoms. The molecule has 0 bridgehead atoms.